The topological polar surface area (TPSA) is 39.3 Å². The zero-order chi connectivity index (χ0) is 14.8. The van der Waals surface area contributed by atoms with Crippen molar-refractivity contribution in [3.63, 3.8) is 0 Å². The lowest BCUT2D eigenvalue weighted by Gasteiger charge is -2.43. The second-order valence-electron chi connectivity index (χ2n) is 6.77. The van der Waals surface area contributed by atoms with Gasteiger partial charge in [-0.25, -0.2) is 14.8 Å². The summed E-state index contributed by atoms with van der Waals surface area (Å²) in [5, 5.41) is 6.64. The number of rotatable bonds is 2. The molecule has 0 saturated carbocycles. The third-order valence-corrected chi connectivity index (χ3v) is 3.92. The van der Waals surface area contributed by atoms with Crippen LogP contribution >= 0.6 is 0 Å². The Morgan fingerprint density at radius 1 is 0.850 bits per heavy atom. The molecule has 2 rings (SSSR count). The Labute approximate surface area is 122 Å². The number of likely N-dealkylation sites (N-methyl/N-ethyl adjacent to an activating group) is 1. The lowest BCUT2D eigenvalue weighted by atomic mass is 9.98. The van der Waals surface area contributed by atoms with E-state index in [0.29, 0.717) is 0 Å². The summed E-state index contributed by atoms with van der Waals surface area (Å²) in [4.78, 5) is 19.7. The van der Waals surface area contributed by atoms with E-state index in [0.717, 1.165) is 52.4 Å². The number of carbonyl (C=O) groups is 1. The first kappa shape index (κ1) is 15.7. The molecular weight excluding hydrogens is 256 g/mol. The van der Waals surface area contributed by atoms with Crippen LogP contribution < -0.4 is 0 Å². The maximum Gasteiger partial charge on any atom is 0.330 e. The van der Waals surface area contributed by atoms with Crippen LogP contribution in [0.15, 0.2) is 0 Å². The quantitative estimate of drug-likeness (QED) is 0.725. The molecule has 0 aromatic carbocycles. The van der Waals surface area contributed by atoms with Gasteiger partial charge in [0.1, 0.15) is 0 Å². The molecule has 0 aromatic rings. The molecule has 0 radical (unpaired) electrons. The van der Waals surface area contributed by atoms with Gasteiger partial charge in [-0.1, -0.05) is 0 Å². The normalized spacial score (nSPS) is 24.8. The molecule has 2 fully saturated rings. The van der Waals surface area contributed by atoms with E-state index >= 15 is 0 Å². The standard InChI is InChI=1S/C14H28N4O2/c1-14(2,3)13(19)20-18-11-9-17(10-12-18)16-7-5-15(4)6-8-16/h5-12H2,1-4H3. The molecule has 0 N–H and O–H groups in total. The number of nitrogens with zero attached hydrogens (tertiary/aromatic N) is 4. The minimum atomic E-state index is -0.436. The van der Waals surface area contributed by atoms with Gasteiger partial charge in [0.15, 0.2) is 0 Å². The maximum atomic E-state index is 11.9. The highest BCUT2D eigenvalue weighted by Gasteiger charge is 2.29. The largest absolute Gasteiger partial charge is 0.367 e. The summed E-state index contributed by atoms with van der Waals surface area (Å²) in [5.74, 6) is -0.148. The summed E-state index contributed by atoms with van der Waals surface area (Å²) >= 11 is 0. The summed E-state index contributed by atoms with van der Waals surface area (Å²) in [6.45, 7) is 13.5. The van der Waals surface area contributed by atoms with Crippen molar-refractivity contribution < 1.29 is 9.63 Å². The molecule has 0 amide bonds. The highest BCUT2D eigenvalue weighted by molar-refractivity contribution is 5.75. The molecule has 0 bridgehead atoms. The minimum absolute atomic E-state index is 0.148. The van der Waals surface area contributed by atoms with Gasteiger partial charge in [0, 0.05) is 52.4 Å². The van der Waals surface area contributed by atoms with Crippen molar-refractivity contribution in [3.8, 4) is 0 Å². The maximum absolute atomic E-state index is 11.9. The zero-order valence-corrected chi connectivity index (χ0v) is 13.3. The molecule has 0 spiro atoms. The van der Waals surface area contributed by atoms with Crippen LogP contribution in [0.5, 0.6) is 0 Å². The van der Waals surface area contributed by atoms with Crippen molar-refractivity contribution in [2.75, 3.05) is 59.4 Å². The van der Waals surface area contributed by atoms with E-state index in [1.807, 2.05) is 20.8 Å². The van der Waals surface area contributed by atoms with Gasteiger partial charge < -0.3 is 9.74 Å². The molecule has 116 valence electrons. The van der Waals surface area contributed by atoms with Gasteiger partial charge in [-0.3, -0.25) is 0 Å². The Morgan fingerprint density at radius 2 is 1.30 bits per heavy atom. The summed E-state index contributed by atoms with van der Waals surface area (Å²) in [5.41, 5.74) is -0.436. The molecule has 2 aliphatic rings. The molecule has 2 saturated heterocycles. The van der Waals surface area contributed by atoms with E-state index in [1.165, 1.54) is 0 Å². The lowest BCUT2D eigenvalue weighted by Crippen LogP contribution is -2.58. The molecule has 0 aromatic heterocycles. The second kappa shape index (κ2) is 6.39. The van der Waals surface area contributed by atoms with Crippen LogP contribution in [0.2, 0.25) is 0 Å². The van der Waals surface area contributed by atoms with Gasteiger partial charge in [0.05, 0.1) is 5.41 Å². The number of hydrogen-bond donors (Lipinski definition) is 0. The molecule has 0 atom stereocenters. The molecule has 0 unspecified atom stereocenters. The fourth-order valence-electron chi connectivity index (χ4n) is 2.38. The molecule has 0 aliphatic carbocycles. The van der Waals surface area contributed by atoms with Crippen LogP contribution in [0.25, 0.3) is 0 Å². The SMILES string of the molecule is CN1CCN(N2CCN(OC(=O)C(C)(C)C)CC2)CC1. The molecule has 6 nitrogen and oxygen atoms in total. The van der Waals surface area contributed by atoms with E-state index in [1.54, 1.807) is 5.06 Å². The van der Waals surface area contributed by atoms with Gasteiger partial charge in [-0.15, -0.1) is 5.06 Å². The Balaban J connectivity index is 1.74. The highest BCUT2D eigenvalue weighted by atomic mass is 16.7. The van der Waals surface area contributed by atoms with Crippen molar-refractivity contribution in [1.82, 2.24) is 20.0 Å². The Hall–Kier alpha value is -0.690. The molecule has 2 aliphatic heterocycles. The lowest BCUT2D eigenvalue weighted by molar-refractivity contribution is -0.216. The van der Waals surface area contributed by atoms with E-state index in [2.05, 4.69) is 22.0 Å². The smallest absolute Gasteiger partial charge is 0.330 e. The number of hydrogen-bond acceptors (Lipinski definition) is 6. The summed E-state index contributed by atoms with van der Waals surface area (Å²) in [6, 6.07) is 0. The first-order chi connectivity index (χ1) is 9.36. The average Bonchev–Trinajstić information content (AvgIpc) is 2.39. The fraction of sp³-hybridized carbons (Fsp3) is 0.929. The summed E-state index contributed by atoms with van der Waals surface area (Å²) in [6.07, 6.45) is 0. The highest BCUT2D eigenvalue weighted by Crippen LogP contribution is 2.17. The van der Waals surface area contributed by atoms with Crippen LogP contribution in [0.3, 0.4) is 0 Å². The van der Waals surface area contributed by atoms with E-state index in [-0.39, 0.29) is 5.97 Å². The van der Waals surface area contributed by atoms with Crippen molar-refractivity contribution in [3.05, 3.63) is 0 Å². The number of hydroxylamine groups is 2. The molecule has 6 heteroatoms. The van der Waals surface area contributed by atoms with Crippen molar-refractivity contribution in [1.29, 1.82) is 0 Å². The molecular formula is C14H28N4O2. The van der Waals surface area contributed by atoms with Crippen molar-refractivity contribution >= 4 is 5.97 Å². The monoisotopic (exact) mass is 284 g/mol. The Kier molecular flexibility index (Phi) is 5.01. The van der Waals surface area contributed by atoms with Crippen molar-refractivity contribution in [2.24, 2.45) is 5.41 Å². The van der Waals surface area contributed by atoms with E-state index < -0.39 is 5.41 Å². The van der Waals surface area contributed by atoms with Gasteiger partial charge in [-0.2, -0.15) is 0 Å². The second-order valence-corrected chi connectivity index (χ2v) is 6.77. The van der Waals surface area contributed by atoms with Gasteiger partial charge >= 0.3 is 5.97 Å². The molecule has 20 heavy (non-hydrogen) atoms. The predicted octanol–water partition coefficient (Wildman–Crippen LogP) is 0.271. The van der Waals surface area contributed by atoms with Crippen LogP contribution in [-0.4, -0.2) is 85.4 Å². The molecule has 2 heterocycles. The Morgan fingerprint density at radius 3 is 1.75 bits per heavy atom. The first-order valence-corrected chi connectivity index (χ1v) is 7.52. The van der Waals surface area contributed by atoms with Gasteiger partial charge in [-0.05, 0) is 27.8 Å². The van der Waals surface area contributed by atoms with Crippen molar-refractivity contribution in [2.45, 2.75) is 20.8 Å². The van der Waals surface area contributed by atoms with E-state index in [4.69, 9.17) is 4.84 Å². The fourth-order valence-corrected chi connectivity index (χ4v) is 2.38. The van der Waals surface area contributed by atoms with Crippen LogP contribution in [0.4, 0.5) is 0 Å². The number of carbonyl (C=O) groups excluding carboxylic acids is 1. The third-order valence-electron chi connectivity index (χ3n) is 3.92. The summed E-state index contributed by atoms with van der Waals surface area (Å²) in [7, 11) is 2.17. The predicted molar refractivity (Wildman–Crippen MR) is 77.8 cm³/mol. The number of piperazine rings is 2. The van der Waals surface area contributed by atoms with Crippen LogP contribution in [0.1, 0.15) is 20.8 Å². The van der Waals surface area contributed by atoms with Crippen LogP contribution in [0, 0.1) is 5.41 Å². The first-order valence-electron chi connectivity index (χ1n) is 7.52. The Bertz CT molecular complexity index is 327. The number of hydrazine groups is 1. The third kappa shape index (κ3) is 4.15. The zero-order valence-electron chi connectivity index (χ0n) is 13.3. The van der Waals surface area contributed by atoms with Gasteiger partial charge in [0.25, 0.3) is 0 Å². The van der Waals surface area contributed by atoms with Crippen LogP contribution in [-0.2, 0) is 9.63 Å². The van der Waals surface area contributed by atoms with E-state index in [9.17, 15) is 4.79 Å². The summed E-state index contributed by atoms with van der Waals surface area (Å²) < 4.78 is 0. The minimum Gasteiger partial charge on any atom is -0.367 e. The average molecular weight is 284 g/mol. The van der Waals surface area contributed by atoms with Gasteiger partial charge in [0.2, 0.25) is 0 Å².